The summed E-state index contributed by atoms with van der Waals surface area (Å²) in [5, 5.41) is 3.56. The van der Waals surface area contributed by atoms with Crippen LogP contribution in [0.4, 0.5) is 5.69 Å². The van der Waals surface area contributed by atoms with Gasteiger partial charge in [-0.05, 0) is 46.9 Å². The van der Waals surface area contributed by atoms with Crippen LogP contribution in [0.3, 0.4) is 0 Å². The van der Waals surface area contributed by atoms with Crippen molar-refractivity contribution >= 4 is 36.0 Å². The molecule has 3 aromatic carbocycles. The molecule has 3 aromatic rings. The van der Waals surface area contributed by atoms with Crippen molar-refractivity contribution in [2.24, 2.45) is 0 Å². The second-order valence-electron chi connectivity index (χ2n) is 11.6. The third-order valence-electron chi connectivity index (χ3n) is 7.30. The van der Waals surface area contributed by atoms with E-state index in [-0.39, 0.29) is 25.7 Å². The number of carbonyl (C=O) groups is 1. The van der Waals surface area contributed by atoms with Crippen molar-refractivity contribution in [2.75, 3.05) is 17.4 Å². The summed E-state index contributed by atoms with van der Waals surface area (Å²) < 4.78 is 35.5. The number of anilines is 1. The van der Waals surface area contributed by atoms with Crippen LogP contribution in [-0.2, 0) is 34.6 Å². The highest BCUT2D eigenvalue weighted by Gasteiger charge is 2.43. The largest absolute Gasteiger partial charge is 0.487 e. The monoisotopic (exact) mass is 575 g/mol. The SMILES string of the molecule is C[Si](C)(C)CCN1C(=O)CN(c2ccc(C=CC3Cc4ccccc4CN3)cc2OCc2ccccc2)S1(=O)=O. The van der Waals surface area contributed by atoms with Gasteiger partial charge in [0.1, 0.15) is 18.9 Å². The maximum absolute atomic E-state index is 13.5. The molecule has 2 heterocycles. The number of hydrogen-bond acceptors (Lipinski definition) is 5. The van der Waals surface area contributed by atoms with Crippen LogP contribution in [0, 0.1) is 0 Å². The molecule has 1 N–H and O–H groups in total. The fourth-order valence-corrected chi connectivity index (χ4v) is 7.56. The first-order chi connectivity index (χ1) is 19.1. The molecular weight excluding hydrogens is 539 g/mol. The Kier molecular flexibility index (Phi) is 8.16. The maximum atomic E-state index is 13.5. The minimum absolute atomic E-state index is 0.194. The van der Waals surface area contributed by atoms with Gasteiger partial charge in [-0.25, -0.2) is 8.61 Å². The van der Waals surface area contributed by atoms with Crippen LogP contribution >= 0.6 is 0 Å². The van der Waals surface area contributed by atoms with Crippen molar-refractivity contribution in [2.45, 2.75) is 51.3 Å². The van der Waals surface area contributed by atoms with Crippen molar-refractivity contribution in [3.63, 3.8) is 0 Å². The fourth-order valence-electron chi connectivity index (χ4n) is 4.95. The third kappa shape index (κ3) is 6.49. The third-order valence-corrected chi connectivity index (χ3v) is 10.9. The first-order valence-corrected chi connectivity index (χ1v) is 18.8. The highest BCUT2D eigenvalue weighted by Crippen LogP contribution is 2.36. The molecule has 9 heteroatoms. The molecule has 0 aliphatic carbocycles. The molecule has 210 valence electrons. The molecule has 0 radical (unpaired) electrons. The lowest BCUT2D eigenvalue weighted by molar-refractivity contribution is -0.123. The van der Waals surface area contributed by atoms with Gasteiger partial charge in [-0.2, -0.15) is 8.42 Å². The predicted octanol–water partition coefficient (Wildman–Crippen LogP) is 5.22. The number of benzene rings is 3. The quantitative estimate of drug-likeness (QED) is 0.354. The molecule has 0 spiro atoms. The van der Waals surface area contributed by atoms with Crippen LogP contribution in [0.5, 0.6) is 5.75 Å². The van der Waals surface area contributed by atoms with Crippen LogP contribution in [0.1, 0.15) is 22.3 Å². The van der Waals surface area contributed by atoms with Crippen LogP contribution in [0.2, 0.25) is 25.7 Å². The van der Waals surface area contributed by atoms with Crippen LogP contribution in [0.25, 0.3) is 6.08 Å². The lowest BCUT2D eigenvalue weighted by atomic mass is 9.95. The summed E-state index contributed by atoms with van der Waals surface area (Å²) in [6.07, 6.45) is 5.08. The van der Waals surface area contributed by atoms with Gasteiger partial charge >= 0.3 is 10.2 Å². The van der Waals surface area contributed by atoms with Gasteiger partial charge in [-0.1, -0.05) is 92.5 Å². The highest BCUT2D eigenvalue weighted by molar-refractivity contribution is 7.91. The number of hydrogen-bond donors (Lipinski definition) is 1. The normalized spacial score (nSPS) is 18.8. The molecule has 0 aromatic heterocycles. The average Bonchev–Trinajstić information content (AvgIpc) is 3.16. The number of fused-ring (bicyclic) bond motifs is 1. The van der Waals surface area contributed by atoms with E-state index in [0.717, 1.165) is 28.4 Å². The highest BCUT2D eigenvalue weighted by atomic mass is 32.2. The summed E-state index contributed by atoms with van der Waals surface area (Å²) in [5.41, 5.74) is 4.92. The number of carbonyl (C=O) groups excluding carboxylic acids is 1. The Hall–Kier alpha value is -3.40. The molecular formula is C31H37N3O4SSi. The van der Waals surface area contributed by atoms with Gasteiger partial charge in [0.25, 0.3) is 5.91 Å². The Labute approximate surface area is 238 Å². The first-order valence-electron chi connectivity index (χ1n) is 13.7. The standard InChI is InChI=1S/C31H37N3O4SSi/c1-40(2,3)18-17-33-31(35)22-34(39(33,36)37)29-16-14-24(19-30(29)38-23-25-9-5-4-6-10-25)13-15-28-20-26-11-7-8-12-27(26)21-32-28/h4-16,19,28,32H,17-18,20-23H2,1-3H3. The van der Waals surface area contributed by atoms with E-state index in [9.17, 15) is 13.2 Å². The zero-order chi connectivity index (χ0) is 28.3. The first kappa shape index (κ1) is 28.1. The molecule has 1 fully saturated rings. The molecule has 2 aliphatic heterocycles. The summed E-state index contributed by atoms with van der Waals surface area (Å²) in [7, 11) is -5.54. The number of ether oxygens (including phenoxy) is 1. The minimum Gasteiger partial charge on any atom is -0.487 e. The molecule has 0 saturated carbocycles. The van der Waals surface area contributed by atoms with Crippen LogP contribution in [0.15, 0.2) is 78.9 Å². The molecule has 0 bridgehead atoms. The number of nitrogens with zero attached hydrogens (tertiary/aromatic N) is 2. The van der Waals surface area contributed by atoms with Crippen LogP contribution < -0.4 is 14.4 Å². The van der Waals surface area contributed by atoms with Crippen molar-refractivity contribution in [1.82, 2.24) is 9.62 Å². The Morgan fingerprint density at radius 3 is 2.48 bits per heavy atom. The zero-order valence-electron chi connectivity index (χ0n) is 23.3. The average molecular weight is 576 g/mol. The molecule has 1 saturated heterocycles. The van der Waals surface area contributed by atoms with E-state index in [1.807, 2.05) is 48.5 Å². The number of rotatable bonds is 9. The zero-order valence-corrected chi connectivity index (χ0v) is 25.2. The van der Waals surface area contributed by atoms with Gasteiger partial charge < -0.3 is 10.1 Å². The lowest BCUT2D eigenvalue weighted by Crippen LogP contribution is -2.37. The van der Waals surface area contributed by atoms with Gasteiger partial charge in [0.2, 0.25) is 0 Å². The van der Waals surface area contributed by atoms with E-state index in [2.05, 4.69) is 55.3 Å². The summed E-state index contributed by atoms with van der Waals surface area (Å²) in [4.78, 5) is 12.9. The molecule has 1 amide bonds. The van der Waals surface area contributed by atoms with Gasteiger partial charge in [0.15, 0.2) is 0 Å². The summed E-state index contributed by atoms with van der Waals surface area (Å²) in [5.74, 6) is 0.0243. The Bertz CT molecular complexity index is 1500. The summed E-state index contributed by atoms with van der Waals surface area (Å²) >= 11 is 0. The van der Waals surface area contributed by atoms with E-state index < -0.39 is 24.2 Å². The molecule has 1 atom stereocenters. The van der Waals surface area contributed by atoms with E-state index in [1.54, 1.807) is 6.07 Å². The predicted molar refractivity (Wildman–Crippen MR) is 163 cm³/mol. The Balaban J connectivity index is 1.40. The van der Waals surface area contributed by atoms with Gasteiger partial charge in [0, 0.05) is 27.2 Å². The van der Waals surface area contributed by atoms with E-state index >= 15 is 0 Å². The lowest BCUT2D eigenvalue weighted by Gasteiger charge is -2.24. The summed E-state index contributed by atoms with van der Waals surface area (Å²) in [6.45, 7) is 7.60. The molecule has 7 nitrogen and oxygen atoms in total. The minimum atomic E-state index is -4.00. The van der Waals surface area contributed by atoms with Crippen LogP contribution in [-0.4, -0.2) is 45.8 Å². The van der Waals surface area contributed by atoms with E-state index in [0.29, 0.717) is 17.5 Å². The fraction of sp³-hybridized carbons (Fsp3) is 0.323. The van der Waals surface area contributed by atoms with Crippen molar-refractivity contribution in [1.29, 1.82) is 0 Å². The Morgan fingerprint density at radius 2 is 1.73 bits per heavy atom. The number of nitrogens with one attached hydrogen (secondary N) is 1. The van der Waals surface area contributed by atoms with Gasteiger partial charge in [0.05, 0.1) is 5.69 Å². The second kappa shape index (κ2) is 11.6. The molecule has 2 aliphatic rings. The van der Waals surface area contributed by atoms with Crippen molar-refractivity contribution < 1.29 is 17.9 Å². The molecule has 40 heavy (non-hydrogen) atoms. The van der Waals surface area contributed by atoms with Crippen molar-refractivity contribution in [3.8, 4) is 5.75 Å². The molecule has 5 rings (SSSR count). The molecule has 1 unspecified atom stereocenters. The maximum Gasteiger partial charge on any atom is 0.329 e. The number of amides is 1. The Morgan fingerprint density at radius 1 is 1.00 bits per heavy atom. The van der Waals surface area contributed by atoms with E-state index in [4.69, 9.17) is 4.74 Å². The van der Waals surface area contributed by atoms with E-state index in [1.165, 1.54) is 15.4 Å². The second-order valence-corrected chi connectivity index (χ2v) is 19.0. The van der Waals surface area contributed by atoms with Gasteiger partial charge in [-0.15, -0.1) is 0 Å². The van der Waals surface area contributed by atoms with Crippen molar-refractivity contribution in [3.05, 3.63) is 101 Å². The summed E-state index contributed by atoms with van der Waals surface area (Å²) in [6, 6.07) is 24.6. The van der Waals surface area contributed by atoms with Gasteiger partial charge in [-0.3, -0.25) is 4.79 Å². The smallest absolute Gasteiger partial charge is 0.329 e. The topological polar surface area (TPSA) is 79.0 Å².